The van der Waals surface area contributed by atoms with E-state index in [0.717, 1.165) is 47.6 Å². The van der Waals surface area contributed by atoms with Gasteiger partial charge >= 0.3 is 0 Å². The first-order valence-electron chi connectivity index (χ1n) is 9.11. The number of para-hydroxylation sites is 2. The number of H-pyrrole nitrogens is 1. The maximum absolute atomic E-state index is 12.8. The zero-order valence-electron chi connectivity index (χ0n) is 14.9. The number of imidazole rings is 1. The van der Waals surface area contributed by atoms with Gasteiger partial charge in [0.15, 0.2) is 0 Å². The van der Waals surface area contributed by atoms with Crippen LogP contribution in [0.15, 0.2) is 42.6 Å². The number of likely N-dealkylation sites (tertiary alicyclic amines) is 1. The summed E-state index contributed by atoms with van der Waals surface area (Å²) in [6.07, 6.45) is 4.95. The van der Waals surface area contributed by atoms with E-state index in [1.165, 1.54) is 0 Å². The van der Waals surface area contributed by atoms with Crippen molar-refractivity contribution in [3.8, 4) is 0 Å². The molecule has 134 valence electrons. The summed E-state index contributed by atoms with van der Waals surface area (Å²) in [5.74, 6) is 1.90. The van der Waals surface area contributed by atoms with Crippen LogP contribution in [0.25, 0.3) is 11.0 Å². The third-order valence-electron chi connectivity index (χ3n) is 5.01. The Labute approximate surface area is 152 Å². The molecule has 1 saturated heterocycles. The number of rotatable bonds is 5. The fourth-order valence-electron chi connectivity index (χ4n) is 3.70. The average Bonchev–Trinajstić information content (AvgIpc) is 3.32. The topological polar surface area (TPSA) is 73.9 Å². The number of carbonyl (C=O) groups is 1. The fourth-order valence-corrected chi connectivity index (χ4v) is 3.70. The van der Waals surface area contributed by atoms with Crippen LogP contribution in [-0.4, -0.2) is 39.4 Å². The highest BCUT2D eigenvalue weighted by molar-refractivity contribution is 5.78. The molecule has 6 heteroatoms. The molecule has 0 radical (unpaired) electrons. The van der Waals surface area contributed by atoms with Gasteiger partial charge in [-0.15, -0.1) is 0 Å². The van der Waals surface area contributed by atoms with Crippen LogP contribution in [0.5, 0.6) is 0 Å². The molecule has 1 aromatic carbocycles. The van der Waals surface area contributed by atoms with Crippen molar-refractivity contribution in [1.82, 2.24) is 19.9 Å². The van der Waals surface area contributed by atoms with E-state index in [-0.39, 0.29) is 11.9 Å². The molecule has 2 N–H and O–H groups in total. The summed E-state index contributed by atoms with van der Waals surface area (Å²) in [6, 6.07) is 12.1. The lowest BCUT2D eigenvalue weighted by molar-refractivity contribution is -0.132. The molecule has 2 aromatic heterocycles. The number of anilines is 1. The summed E-state index contributed by atoms with van der Waals surface area (Å²) in [6.45, 7) is 0.820. The second-order valence-corrected chi connectivity index (χ2v) is 6.67. The summed E-state index contributed by atoms with van der Waals surface area (Å²) in [5.41, 5.74) is 3.12. The van der Waals surface area contributed by atoms with Crippen molar-refractivity contribution in [2.24, 2.45) is 0 Å². The van der Waals surface area contributed by atoms with Crippen molar-refractivity contribution >= 4 is 22.8 Å². The van der Waals surface area contributed by atoms with E-state index in [9.17, 15) is 4.79 Å². The number of hydrogen-bond acceptors (Lipinski definition) is 4. The largest absolute Gasteiger partial charge is 0.373 e. The highest BCUT2D eigenvalue weighted by Crippen LogP contribution is 2.33. The van der Waals surface area contributed by atoms with Gasteiger partial charge in [-0.05, 0) is 42.7 Å². The van der Waals surface area contributed by atoms with Crippen molar-refractivity contribution < 1.29 is 4.79 Å². The van der Waals surface area contributed by atoms with Gasteiger partial charge in [0.2, 0.25) is 5.91 Å². The molecule has 0 aliphatic carbocycles. The molecule has 4 rings (SSSR count). The van der Waals surface area contributed by atoms with Gasteiger partial charge in [0, 0.05) is 32.6 Å². The Morgan fingerprint density at radius 3 is 3.08 bits per heavy atom. The third-order valence-corrected chi connectivity index (χ3v) is 5.01. The summed E-state index contributed by atoms with van der Waals surface area (Å²) < 4.78 is 0. The Bertz CT molecular complexity index is 886. The Balaban J connectivity index is 1.44. The van der Waals surface area contributed by atoms with Crippen LogP contribution >= 0.6 is 0 Å². The van der Waals surface area contributed by atoms with E-state index >= 15 is 0 Å². The molecule has 3 aromatic rings. The molecule has 6 nitrogen and oxygen atoms in total. The molecule has 1 atom stereocenters. The van der Waals surface area contributed by atoms with E-state index in [0.29, 0.717) is 12.8 Å². The molecule has 1 aliphatic heterocycles. The normalized spacial score (nSPS) is 17.0. The zero-order chi connectivity index (χ0) is 17.9. The van der Waals surface area contributed by atoms with Gasteiger partial charge in [-0.1, -0.05) is 12.1 Å². The highest BCUT2D eigenvalue weighted by atomic mass is 16.2. The number of nitrogens with zero attached hydrogens (tertiary/aromatic N) is 3. The molecule has 0 bridgehead atoms. The smallest absolute Gasteiger partial charge is 0.223 e. The van der Waals surface area contributed by atoms with Crippen LogP contribution in [0.3, 0.4) is 0 Å². The van der Waals surface area contributed by atoms with Gasteiger partial charge in [0.1, 0.15) is 11.6 Å². The SMILES string of the molecule is CNc1cc(C2CCCN2C(=O)CCc2nc3ccccc3[nH]2)ccn1. The van der Waals surface area contributed by atoms with Gasteiger partial charge in [-0.3, -0.25) is 4.79 Å². The number of aromatic amines is 1. The molecule has 1 aliphatic rings. The lowest BCUT2D eigenvalue weighted by atomic mass is 10.1. The van der Waals surface area contributed by atoms with E-state index in [1.807, 2.05) is 48.3 Å². The lowest BCUT2D eigenvalue weighted by Crippen LogP contribution is -2.30. The van der Waals surface area contributed by atoms with Crippen molar-refractivity contribution in [3.63, 3.8) is 0 Å². The Morgan fingerprint density at radius 2 is 2.23 bits per heavy atom. The van der Waals surface area contributed by atoms with E-state index in [2.05, 4.69) is 20.3 Å². The first kappa shape index (κ1) is 16.6. The minimum absolute atomic E-state index is 0.147. The maximum atomic E-state index is 12.8. The van der Waals surface area contributed by atoms with E-state index in [1.54, 1.807) is 6.20 Å². The molecule has 3 heterocycles. The van der Waals surface area contributed by atoms with Gasteiger partial charge in [-0.25, -0.2) is 9.97 Å². The molecule has 0 spiro atoms. The molecular formula is C20H23N5O. The number of carbonyl (C=O) groups excluding carboxylic acids is 1. The molecule has 0 saturated carbocycles. The number of hydrogen-bond donors (Lipinski definition) is 2. The maximum Gasteiger partial charge on any atom is 0.223 e. The molecular weight excluding hydrogens is 326 g/mol. The highest BCUT2D eigenvalue weighted by Gasteiger charge is 2.29. The fraction of sp³-hybridized carbons (Fsp3) is 0.350. The number of fused-ring (bicyclic) bond motifs is 1. The predicted molar refractivity (Wildman–Crippen MR) is 102 cm³/mol. The van der Waals surface area contributed by atoms with Crippen molar-refractivity contribution in [1.29, 1.82) is 0 Å². The Kier molecular flexibility index (Phi) is 4.56. The number of aryl methyl sites for hydroxylation is 1. The Morgan fingerprint density at radius 1 is 1.35 bits per heavy atom. The minimum Gasteiger partial charge on any atom is -0.373 e. The van der Waals surface area contributed by atoms with Gasteiger partial charge in [0.05, 0.1) is 17.1 Å². The number of nitrogens with one attached hydrogen (secondary N) is 2. The van der Waals surface area contributed by atoms with Crippen molar-refractivity contribution in [2.75, 3.05) is 18.9 Å². The summed E-state index contributed by atoms with van der Waals surface area (Å²) in [7, 11) is 1.86. The van der Waals surface area contributed by atoms with Gasteiger partial charge < -0.3 is 15.2 Å². The average molecular weight is 349 g/mol. The standard InChI is InChI=1S/C20H23N5O/c1-21-19-13-14(10-11-22-19)17-7-4-12-25(17)20(26)9-8-18-23-15-5-2-3-6-16(15)24-18/h2-3,5-6,10-11,13,17H,4,7-9,12H2,1H3,(H,21,22)(H,23,24). The monoisotopic (exact) mass is 349 g/mol. The molecule has 26 heavy (non-hydrogen) atoms. The zero-order valence-corrected chi connectivity index (χ0v) is 14.9. The van der Waals surface area contributed by atoms with E-state index in [4.69, 9.17) is 0 Å². The predicted octanol–water partition coefficient (Wildman–Crippen LogP) is 3.30. The number of pyridine rings is 1. The van der Waals surface area contributed by atoms with Crippen LogP contribution < -0.4 is 5.32 Å². The molecule has 1 fully saturated rings. The van der Waals surface area contributed by atoms with E-state index < -0.39 is 0 Å². The van der Waals surface area contributed by atoms with Gasteiger partial charge in [-0.2, -0.15) is 0 Å². The van der Waals surface area contributed by atoms with Crippen LogP contribution in [0.4, 0.5) is 5.82 Å². The number of amides is 1. The third kappa shape index (κ3) is 3.27. The summed E-state index contributed by atoms with van der Waals surface area (Å²) in [5, 5.41) is 3.07. The van der Waals surface area contributed by atoms with Gasteiger partial charge in [0.25, 0.3) is 0 Å². The molecule has 1 unspecified atom stereocenters. The Hall–Kier alpha value is -2.89. The number of aromatic nitrogens is 3. The first-order chi connectivity index (χ1) is 12.7. The van der Waals surface area contributed by atoms with Crippen LogP contribution in [-0.2, 0) is 11.2 Å². The van der Waals surface area contributed by atoms with Crippen LogP contribution in [0, 0.1) is 0 Å². The van der Waals surface area contributed by atoms with Crippen LogP contribution in [0.1, 0.15) is 36.7 Å². The number of benzene rings is 1. The summed E-state index contributed by atoms with van der Waals surface area (Å²) >= 11 is 0. The lowest BCUT2D eigenvalue weighted by Gasteiger charge is -2.25. The molecule has 1 amide bonds. The van der Waals surface area contributed by atoms with Crippen molar-refractivity contribution in [3.05, 3.63) is 54.0 Å². The first-order valence-corrected chi connectivity index (χ1v) is 9.11. The minimum atomic E-state index is 0.147. The second kappa shape index (κ2) is 7.15. The second-order valence-electron chi connectivity index (χ2n) is 6.67. The summed E-state index contributed by atoms with van der Waals surface area (Å²) in [4.78, 5) is 27.0. The quantitative estimate of drug-likeness (QED) is 0.741. The van der Waals surface area contributed by atoms with Crippen LogP contribution in [0.2, 0.25) is 0 Å². The van der Waals surface area contributed by atoms with Crippen molar-refractivity contribution in [2.45, 2.75) is 31.7 Å².